The lowest BCUT2D eigenvalue weighted by Gasteiger charge is -2.38. The van der Waals surface area contributed by atoms with Gasteiger partial charge < -0.3 is 85.8 Å². The average molecular weight is 1800 g/mol. The van der Waals surface area contributed by atoms with E-state index < -0.39 is 0 Å². The number of piperidine rings is 2. The van der Waals surface area contributed by atoms with E-state index in [1.165, 1.54) is 77.8 Å². The third-order valence-electron chi connectivity index (χ3n) is 25.9. The Bertz CT molecular complexity index is 2680. The zero-order valence-electron chi connectivity index (χ0n) is 91.4. The lowest BCUT2D eigenvalue weighted by molar-refractivity contribution is -0.138. The maximum absolute atomic E-state index is 12.5. The van der Waals surface area contributed by atoms with Crippen molar-refractivity contribution in [3.63, 3.8) is 0 Å². The molecule has 7 aliphatic rings. The van der Waals surface area contributed by atoms with Gasteiger partial charge in [0.25, 0.3) is 0 Å². The van der Waals surface area contributed by atoms with E-state index >= 15 is 0 Å². The summed E-state index contributed by atoms with van der Waals surface area (Å²) in [6.45, 7) is 81.0. The third-order valence-corrected chi connectivity index (χ3v) is 25.9. The van der Waals surface area contributed by atoms with Crippen LogP contribution in [0.4, 0.5) is 0 Å². The lowest BCUT2D eigenvalue weighted by Crippen LogP contribution is -2.53. The first-order chi connectivity index (χ1) is 59.1. The van der Waals surface area contributed by atoms with Gasteiger partial charge in [0, 0.05) is 171 Å². The highest BCUT2D eigenvalue weighted by Gasteiger charge is 2.39. The highest BCUT2D eigenvalue weighted by Crippen LogP contribution is 2.26. The SMILES string of the molecule is CC(C)N1CCC[C@@H]1C(=O)N(C)CCN(C)C.CC(C)N1CCC[C@@H]1C(=O)N1CCN(C)CC1.CC(C)N1CCC[C@@H]1C(=O)NCC(C)(C)CN(C)C.CC(C)N1CCC[C@@H]1C(=O)NCCCN(C)C.CC(C)N[C@@H](CN(C)C)C(C)C.CC(C)N[C@@H](CN(C)C)C(C)C.CC(C)N[C@@H](CN(C)C1CCN(C)CC1)C(C)C.CC(C)N[C@@H](CN1CCCCC1)C(C)C. The molecular weight excluding hydrogens is 1580 g/mol. The van der Waals surface area contributed by atoms with Crippen molar-refractivity contribution in [1.29, 1.82) is 0 Å². The fourth-order valence-corrected chi connectivity index (χ4v) is 18.4. The van der Waals surface area contributed by atoms with Crippen molar-refractivity contribution in [2.24, 2.45) is 29.1 Å². The molecule has 7 rings (SSSR count). The first-order valence-corrected chi connectivity index (χ1v) is 51.3. The van der Waals surface area contributed by atoms with Crippen LogP contribution in [0.15, 0.2) is 0 Å². The Morgan fingerprint density at radius 2 is 0.709 bits per heavy atom. The smallest absolute Gasteiger partial charge is 0.240 e. The minimum Gasteiger partial charge on any atom is -0.355 e. The van der Waals surface area contributed by atoms with Crippen molar-refractivity contribution in [3.05, 3.63) is 0 Å². The number of nitrogens with zero attached hydrogens (tertiary/aromatic N) is 15. The second kappa shape index (κ2) is 67.4. The number of carbonyl (C=O) groups is 4. The molecule has 25 heteroatoms. The summed E-state index contributed by atoms with van der Waals surface area (Å²) >= 11 is 0. The highest BCUT2D eigenvalue weighted by molar-refractivity contribution is 5.83. The van der Waals surface area contributed by atoms with Gasteiger partial charge in [0.05, 0.1) is 24.2 Å². The van der Waals surface area contributed by atoms with Crippen molar-refractivity contribution in [3.8, 4) is 0 Å². The average Bonchev–Trinajstić information content (AvgIpc) is 1.73. The monoisotopic (exact) mass is 1800 g/mol. The van der Waals surface area contributed by atoms with Gasteiger partial charge in [0.15, 0.2) is 0 Å². The van der Waals surface area contributed by atoms with Crippen molar-refractivity contribution in [1.82, 2.24) is 105 Å². The largest absolute Gasteiger partial charge is 0.355 e. The normalized spacial score (nSPS) is 21.0. The molecule has 0 unspecified atom stereocenters. The van der Waals surface area contributed by atoms with E-state index in [4.69, 9.17) is 0 Å². The maximum atomic E-state index is 12.5. The number of rotatable bonds is 40. The van der Waals surface area contributed by atoms with E-state index in [-0.39, 0.29) is 47.3 Å². The standard InChI is InChI=1S/C15H31N3O.C15H33N3.C13H25N3O.2C13H27N3O.C13H28N2.2C10H24N2/c1-12(2)18-9-7-8-13(18)14(19)16-10-15(3,4)11-17(5)6;1-12(2)15(16-13(3)4)11-18(6)14-7-9-17(5)10-8-14;1-11(2)16-6-4-5-12(16)13(17)15-9-7-14(3)8-10-15;1-11(2)16-8-6-7-12(16)13(17)15(5)10-9-14(3)4;1-11(2)16-10-5-7-12(16)13(17)14-8-6-9-15(3)4;1-11(2)13(14-12(3)4)10-15-8-6-5-7-9-15;2*1-8(2)10(7-12(5)6)11-9(3)4/h12-13H,7-11H2,1-6H3,(H,16,19);12-16H,7-11H2,1-6H3;11-12H,4-10H2,1-3H3;11-12H,6-10H2,1-5H3;11-12H,5-10H2,1-4H3,(H,14,17);11-14H,5-10H2,1-4H3;2*8-11H,7H2,1-6H3/t13-;15-;3*12-;13-;2*10-/m10111000/s1. The Kier molecular flexibility index (Phi) is 65.9. The first-order valence-electron chi connectivity index (χ1n) is 51.3. The van der Waals surface area contributed by atoms with E-state index in [9.17, 15) is 19.2 Å². The summed E-state index contributed by atoms with van der Waals surface area (Å²) in [4.78, 5) is 83.3. The Balaban J connectivity index is 0.00000144. The molecule has 8 atom stereocenters. The Morgan fingerprint density at radius 1 is 0.354 bits per heavy atom. The summed E-state index contributed by atoms with van der Waals surface area (Å²) in [5.41, 5.74) is 0.112. The van der Waals surface area contributed by atoms with Gasteiger partial charge in [-0.05, 0) is 318 Å². The molecule has 0 aromatic rings. The molecule has 7 saturated heterocycles. The van der Waals surface area contributed by atoms with E-state index in [1.54, 1.807) is 0 Å². The second-order valence-corrected chi connectivity index (χ2v) is 44.8. The van der Waals surface area contributed by atoms with Crippen molar-refractivity contribution >= 4 is 23.6 Å². The molecule has 7 fully saturated rings. The number of likely N-dealkylation sites (N-methyl/N-ethyl adjacent to an activating group) is 6. The van der Waals surface area contributed by atoms with E-state index in [2.05, 4.69) is 358 Å². The Labute approximate surface area is 788 Å². The van der Waals surface area contributed by atoms with Crippen LogP contribution in [0.5, 0.6) is 0 Å². The number of hydrogen-bond donors (Lipinski definition) is 6. The van der Waals surface area contributed by atoms with Crippen molar-refractivity contribution < 1.29 is 19.2 Å². The van der Waals surface area contributed by atoms with Crippen LogP contribution < -0.4 is 31.9 Å². The summed E-state index contributed by atoms with van der Waals surface area (Å²) < 4.78 is 0. The van der Waals surface area contributed by atoms with Crippen LogP contribution in [0.3, 0.4) is 0 Å². The fourth-order valence-electron chi connectivity index (χ4n) is 18.4. The quantitative estimate of drug-likeness (QED) is 0.0318. The molecule has 0 bridgehead atoms. The number of amides is 4. The van der Waals surface area contributed by atoms with Gasteiger partial charge in [-0.1, -0.05) is 131 Å². The predicted octanol–water partition coefficient (Wildman–Crippen LogP) is 11.7. The predicted molar refractivity (Wildman–Crippen MR) is 549 cm³/mol. The van der Waals surface area contributed by atoms with Crippen LogP contribution in [0, 0.1) is 29.1 Å². The highest BCUT2D eigenvalue weighted by atomic mass is 16.2. The first kappa shape index (κ1) is 124. The number of nitrogens with one attached hydrogen (secondary N) is 6. The molecule has 7 aliphatic heterocycles. The van der Waals surface area contributed by atoms with Crippen molar-refractivity contribution in [2.45, 2.75) is 373 Å². The molecule has 0 radical (unpaired) electrons. The Morgan fingerprint density at radius 3 is 1.08 bits per heavy atom. The van der Waals surface area contributed by atoms with Gasteiger partial charge in [-0.3, -0.25) is 38.8 Å². The summed E-state index contributed by atoms with van der Waals surface area (Å²) in [6.07, 6.45) is 16.6. The van der Waals surface area contributed by atoms with Crippen LogP contribution in [-0.4, -0.2) is 442 Å². The summed E-state index contributed by atoms with van der Waals surface area (Å²) in [6, 6.07) is 7.91. The van der Waals surface area contributed by atoms with Gasteiger partial charge in [0.1, 0.15) is 0 Å². The third kappa shape index (κ3) is 55.7. The van der Waals surface area contributed by atoms with Crippen LogP contribution in [0.1, 0.15) is 270 Å². The van der Waals surface area contributed by atoms with E-state index in [0.29, 0.717) is 96.2 Å². The number of piperazine rings is 1. The molecule has 0 aliphatic carbocycles. The molecule has 6 N–H and O–H groups in total. The van der Waals surface area contributed by atoms with E-state index in [1.807, 2.05) is 26.0 Å². The summed E-state index contributed by atoms with van der Waals surface area (Å²) in [7, 11) is 29.4. The maximum Gasteiger partial charge on any atom is 0.240 e. The zero-order valence-corrected chi connectivity index (χ0v) is 91.4. The minimum atomic E-state index is 0.0788. The zero-order chi connectivity index (χ0) is 97.3. The Hall–Kier alpha value is -2.80. The molecule has 127 heavy (non-hydrogen) atoms. The van der Waals surface area contributed by atoms with Gasteiger partial charge in [-0.25, -0.2) is 0 Å². The van der Waals surface area contributed by atoms with Crippen LogP contribution >= 0.6 is 0 Å². The molecule has 756 valence electrons. The van der Waals surface area contributed by atoms with Crippen molar-refractivity contribution in [2.75, 3.05) is 243 Å². The summed E-state index contributed by atoms with van der Waals surface area (Å²) in [5.74, 6) is 3.91. The molecule has 0 aromatic heterocycles. The topological polar surface area (TPSA) is 189 Å². The van der Waals surface area contributed by atoms with Crippen LogP contribution in [0.2, 0.25) is 0 Å². The van der Waals surface area contributed by atoms with Gasteiger partial charge in [-0.2, -0.15) is 0 Å². The number of likely N-dealkylation sites (tertiary alicyclic amines) is 6. The molecular formula is C102H219N21O4. The van der Waals surface area contributed by atoms with Gasteiger partial charge in [-0.15, -0.1) is 0 Å². The van der Waals surface area contributed by atoms with Crippen LogP contribution in [-0.2, 0) is 19.2 Å². The second-order valence-electron chi connectivity index (χ2n) is 44.8. The molecule has 25 nitrogen and oxygen atoms in total. The number of hydrogen-bond acceptors (Lipinski definition) is 21. The van der Waals surface area contributed by atoms with Gasteiger partial charge >= 0.3 is 0 Å². The molecule has 7 heterocycles. The molecule has 0 saturated carbocycles. The molecule has 0 aromatic carbocycles. The molecule has 4 amide bonds. The minimum absolute atomic E-state index is 0.0788. The van der Waals surface area contributed by atoms with E-state index in [0.717, 1.165) is 168 Å². The summed E-state index contributed by atoms with van der Waals surface area (Å²) in [5, 5.41) is 20.7. The number of carbonyl (C=O) groups excluding carboxylic acids is 4. The van der Waals surface area contributed by atoms with Gasteiger partial charge in [0.2, 0.25) is 23.6 Å². The lowest BCUT2D eigenvalue weighted by atomic mass is 9.93. The molecule has 0 spiro atoms. The van der Waals surface area contributed by atoms with Crippen LogP contribution in [0.25, 0.3) is 0 Å². The fraction of sp³-hybridized carbons (Fsp3) is 0.961.